The average molecular weight is 318 g/mol. The van der Waals surface area contributed by atoms with Crippen LogP contribution < -0.4 is 15.8 Å². The Morgan fingerprint density at radius 3 is 2.74 bits per heavy atom. The largest absolute Gasteiger partial charge is 0.494 e. The van der Waals surface area contributed by atoms with E-state index < -0.39 is 0 Å². The van der Waals surface area contributed by atoms with Crippen molar-refractivity contribution in [3.05, 3.63) is 29.8 Å². The van der Waals surface area contributed by atoms with E-state index in [2.05, 4.69) is 5.32 Å². The number of amides is 1. The molecule has 0 saturated heterocycles. The molecule has 4 heteroatoms. The summed E-state index contributed by atoms with van der Waals surface area (Å²) in [7, 11) is 0. The summed E-state index contributed by atoms with van der Waals surface area (Å²) in [5, 5.41) is 3.12. The van der Waals surface area contributed by atoms with E-state index in [0.29, 0.717) is 19.6 Å². The third-order valence-electron chi connectivity index (χ3n) is 4.93. The second kappa shape index (κ2) is 8.34. The second-order valence-electron chi connectivity index (χ2n) is 6.74. The molecule has 0 aromatic heterocycles. The lowest BCUT2D eigenvalue weighted by Crippen LogP contribution is -2.39. The minimum Gasteiger partial charge on any atom is -0.494 e. The van der Waals surface area contributed by atoms with Crippen LogP contribution in [0.15, 0.2) is 24.3 Å². The number of nitrogens with two attached hydrogens (primary N) is 1. The zero-order valence-electron chi connectivity index (χ0n) is 14.4. The normalized spacial score (nSPS) is 18.2. The Labute approximate surface area is 139 Å². The molecule has 1 unspecified atom stereocenters. The number of carbonyl (C=O) groups is 1. The fourth-order valence-corrected chi connectivity index (χ4v) is 3.51. The Morgan fingerprint density at radius 1 is 1.35 bits per heavy atom. The Hall–Kier alpha value is -1.55. The minimum absolute atomic E-state index is 0.00915. The van der Waals surface area contributed by atoms with Crippen LogP contribution in [0.25, 0.3) is 0 Å². The van der Waals surface area contributed by atoms with Crippen molar-refractivity contribution in [2.75, 3.05) is 13.2 Å². The predicted octanol–water partition coefficient (Wildman–Crippen LogP) is 3.56. The Kier molecular flexibility index (Phi) is 6.46. The zero-order valence-corrected chi connectivity index (χ0v) is 14.4. The number of nitrogens with one attached hydrogen (secondary N) is 1. The highest BCUT2D eigenvalue weighted by Gasteiger charge is 2.33. The van der Waals surface area contributed by atoms with Gasteiger partial charge in [0.1, 0.15) is 5.75 Å². The molecule has 1 fully saturated rings. The molecule has 0 spiro atoms. The van der Waals surface area contributed by atoms with Crippen LogP contribution in [0.1, 0.15) is 64.0 Å². The molecule has 23 heavy (non-hydrogen) atoms. The summed E-state index contributed by atoms with van der Waals surface area (Å²) >= 11 is 0. The lowest BCUT2D eigenvalue weighted by molar-refractivity contribution is -0.124. The van der Waals surface area contributed by atoms with Crippen molar-refractivity contribution in [2.24, 2.45) is 11.1 Å². The smallest absolute Gasteiger partial charge is 0.221 e. The molecule has 0 heterocycles. The summed E-state index contributed by atoms with van der Waals surface area (Å²) in [4.78, 5) is 12.5. The molecule has 128 valence electrons. The van der Waals surface area contributed by atoms with Crippen LogP contribution in [-0.4, -0.2) is 19.1 Å². The summed E-state index contributed by atoms with van der Waals surface area (Å²) in [6.07, 6.45) is 6.34. The molecular weight excluding hydrogens is 288 g/mol. The molecule has 3 N–H and O–H groups in total. The van der Waals surface area contributed by atoms with Gasteiger partial charge in [0, 0.05) is 6.42 Å². The van der Waals surface area contributed by atoms with Gasteiger partial charge in [0.05, 0.1) is 12.6 Å². The maximum atomic E-state index is 12.5. The van der Waals surface area contributed by atoms with Gasteiger partial charge < -0.3 is 15.8 Å². The molecular formula is C19H30N2O2. The van der Waals surface area contributed by atoms with E-state index >= 15 is 0 Å². The Balaban J connectivity index is 1.94. The van der Waals surface area contributed by atoms with Crippen LogP contribution in [0.3, 0.4) is 0 Å². The van der Waals surface area contributed by atoms with Crippen molar-refractivity contribution in [3.8, 4) is 5.75 Å². The molecule has 4 nitrogen and oxygen atoms in total. The second-order valence-corrected chi connectivity index (χ2v) is 6.74. The Morgan fingerprint density at radius 2 is 2.09 bits per heavy atom. The molecule has 0 aliphatic heterocycles. The van der Waals surface area contributed by atoms with Crippen molar-refractivity contribution in [3.63, 3.8) is 0 Å². The first kappa shape index (κ1) is 17.8. The molecule has 0 bridgehead atoms. The molecule has 1 saturated carbocycles. The van der Waals surface area contributed by atoms with Crippen molar-refractivity contribution in [1.29, 1.82) is 0 Å². The van der Waals surface area contributed by atoms with Gasteiger partial charge in [-0.2, -0.15) is 0 Å². The van der Waals surface area contributed by atoms with Crippen molar-refractivity contribution in [1.82, 2.24) is 5.32 Å². The van der Waals surface area contributed by atoms with E-state index in [1.54, 1.807) is 0 Å². The van der Waals surface area contributed by atoms with E-state index in [0.717, 1.165) is 24.2 Å². The first-order chi connectivity index (χ1) is 11.1. The SMILES string of the molecule is CCOc1cccc(C(C)NC(=O)CC2(CN)CCCCC2)c1. The first-order valence-electron chi connectivity index (χ1n) is 8.81. The predicted molar refractivity (Wildman–Crippen MR) is 93.4 cm³/mol. The molecule has 1 atom stereocenters. The highest BCUT2D eigenvalue weighted by molar-refractivity contribution is 5.77. The van der Waals surface area contributed by atoms with Gasteiger partial charge in [0.2, 0.25) is 5.91 Å². The highest BCUT2D eigenvalue weighted by Crippen LogP contribution is 2.38. The van der Waals surface area contributed by atoms with Crippen molar-refractivity contribution in [2.45, 2.75) is 58.4 Å². The summed E-state index contributed by atoms with van der Waals surface area (Å²) in [6, 6.07) is 7.89. The minimum atomic E-state index is -0.0266. The first-order valence-corrected chi connectivity index (χ1v) is 8.81. The summed E-state index contributed by atoms with van der Waals surface area (Å²) in [6.45, 7) is 5.23. The fraction of sp³-hybridized carbons (Fsp3) is 0.632. The summed E-state index contributed by atoms with van der Waals surface area (Å²) in [5.74, 6) is 0.948. The lowest BCUT2D eigenvalue weighted by Gasteiger charge is -2.36. The van der Waals surface area contributed by atoms with Crippen molar-refractivity contribution >= 4 is 5.91 Å². The number of hydrogen-bond donors (Lipinski definition) is 2. The lowest BCUT2D eigenvalue weighted by atomic mass is 9.71. The van der Waals surface area contributed by atoms with Crippen LogP contribution in [0.2, 0.25) is 0 Å². The quantitative estimate of drug-likeness (QED) is 0.808. The topological polar surface area (TPSA) is 64.3 Å². The van der Waals surface area contributed by atoms with E-state index in [4.69, 9.17) is 10.5 Å². The van der Waals surface area contributed by atoms with Gasteiger partial charge in [0.25, 0.3) is 0 Å². The maximum Gasteiger partial charge on any atom is 0.221 e. The molecule has 1 amide bonds. The van der Waals surface area contributed by atoms with Gasteiger partial charge in [-0.25, -0.2) is 0 Å². The van der Waals surface area contributed by atoms with Crippen LogP contribution in [-0.2, 0) is 4.79 Å². The van der Waals surface area contributed by atoms with Gasteiger partial charge in [-0.3, -0.25) is 4.79 Å². The highest BCUT2D eigenvalue weighted by atomic mass is 16.5. The third kappa shape index (κ3) is 4.96. The van der Waals surface area contributed by atoms with Gasteiger partial charge >= 0.3 is 0 Å². The molecule has 2 rings (SSSR count). The number of benzene rings is 1. The van der Waals surface area contributed by atoms with Gasteiger partial charge in [-0.05, 0) is 56.3 Å². The van der Waals surface area contributed by atoms with Gasteiger partial charge in [-0.15, -0.1) is 0 Å². The Bertz CT molecular complexity index is 510. The van der Waals surface area contributed by atoms with Gasteiger partial charge in [0.15, 0.2) is 0 Å². The molecule has 1 aliphatic rings. The maximum absolute atomic E-state index is 12.5. The van der Waals surface area contributed by atoms with E-state index in [1.165, 1.54) is 19.3 Å². The third-order valence-corrected chi connectivity index (χ3v) is 4.93. The van der Waals surface area contributed by atoms with E-state index in [1.807, 2.05) is 38.1 Å². The van der Waals surface area contributed by atoms with Gasteiger partial charge in [-0.1, -0.05) is 31.4 Å². The summed E-state index contributed by atoms with van der Waals surface area (Å²) in [5.41, 5.74) is 7.06. The van der Waals surface area contributed by atoms with Crippen LogP contribution in [0.4, 0.5) is 0 Å². The summed E-state index contributed by atoms with van der Waals surface area (Å²) < 4.78 is 5.53. The number of carbonyl (C=O) groups excluding carboxylic acids is 1. The average Bonchev–Trinajstić information content (AvgIpc) is 2.56. The van der Waals surface area contributed by atoms with E-state index in [-0.39, 0.29) is 17.4 Å². The van der Waals surface area contributed by atoms with Crippen LogP contribution in [0.5, 0.6) is 5.75 Å². The van der Waals surface area contributed by atoms with Crippen LogP contribution in [0, 0.1) is 5.41 Å². The zero-order chi connectivity index (χ0) is 16.7. The number of rotatable bonds is 7. The number of ether oxygens (including phenoxy) is 1. The van der Waals surface area contributed by atoms with Crippen molar-refractivity contribution < 1.29 is 9.53 Å². The molecule has 1 aromatic carbocycles. The molecule has 1 aliphatic carbocycles. The standard InChI is InChI=1S/C19H30N2O2/c1-3-23-17-9-7-8-16(12-17)15(2)21-18(22)13-19(14-20)10-5-4-6-11-19/h7-9,12,15H,3-6,10-11,13-14,20H2,1-2H3,(H,21,22). The monoisotopic (exact) mass is 318 g/mol. The number of hydrogen-bond acceptors (Lipinski definition) is 3. The molecule has 1 aromatic rings. The van der Waals surface area contributed by atoms with Crippen LogP contribution >= 0.6 is 0 Å². The van der Waals surface area contributed by atoms with E-state index in [9.17, 15) is 4.79 Å². The fourth-order valence-electron chi connectivity index (χ4n) is 3.51. The molecule has 0 radical (unpaired) electrons.